The fraction of sp³-hybridized carbons (Fsp3) is 0.440. The summed E-state index contributed by atoms with van der Waals surface area (Å²) in [6.07, 6.45) is 5.35. The standard InChI is InChI=1S/C25H30N4O2/c30-24(28-13-4-1-5-14-28)20-8-6-7-19(17-20)18-27-15-11-21(12-16-27)29-23-10-3-2-9-22(23)26-25(29)31/h2-3,6-10,17,21H,1,4-5,11-16,18H2,(H,26,31). The topological polar surface area (TPSA) is 61.3 Å². The van der Waals surface area contributed by atoms with Gasteiger partial charge < -0.3 is 9.88 Å². The maximum Gasteiger partial charge on any atom is 0.326 e. The second-order valence-corrected chi connectivity index (χ2v) is 8.88. The molecule has 0 spiro atoms. The lowest BCUT2D eigenvalue weighted by Crippen LogP contribution is -2.37. The SMILES string of the molecule is O=C(c1cccc(CN2CCC(n3c(=O)[nH]c4ccccc43)CC2)c1)N1CCCCC1. The molecule has 2 aliphatic heterocycles. The molecule has 3 aromatic rings. The van der Waals surface area contributed by atoms with Crippen LogP contribution in [-0.2, 0) is 6.54 Å². The summed E-state index contributed by atoms with van der Waals surface area (Å²) in [6.45, 7) is 4.49. The van der Waals surface area contributed by atoms with Gasteiger partial charge in [0.2, 0.25) is 0 Å². The molecule has 6 nitrogen and oxygen atoms in total. The highest BCUT2D eigenvalue weighted by atomic mass is 16.2. The molecule has 0 bridgehead atoms. The van der Waals surface area contributed by atoms with E-state index in [1.54, 1.807) is 0 Å². The summed E-state index contributed by atoms with van der Waals surface area (Å²) in [4.78, 5) is 32.7. The quantitative estimate of drug-likeness (QED) is 0.701. The van der Waals surface area contributed by atoms with Crippen molar-refractivity contribution in [2.45, 2.75) is 44.7 Å². The number of hydrogen-bond donors (Lipinski definition) is 1. The Morgan fingerprint density at radius 1 is 0.935 bits per heavy atom. The Labute approximate surface area is 182 Å². The zero-order valence-corrected chi connectivity index (χ0v) is 17.9. The molecule has 2 aromatic carbocycles. The van der Waals surface area contributed by atoms with E-state index in [0.717, 1.165) is 75.0 Å². The number of amides is 1. The van der Waals surface area contributed by atoms with Gasteiger partial charge in [0.15, 0.2) is 0 Å². The molecule has 5 rings (SSSR count). The van der Waals surface area contributed by atoms with E-state index in [0.29, 0.717) is 0 Å². The Hall–Kier alpha value is -2.86. The highest BCUT2D eigenvalue weighted by molar-refractivity contribution is 5.94. The number of piperidine rings is 2. The van der Waals surface area contributed by atoms with Crippen molar-refractivity contribution >= 4 is 16.9 Å². The summed E-state index contributed by atoms with van der Waals surface area (Å²) >= 11 is 0. The molecular weight excluding hydrogens is 388 g/mol. The van der Waals surface area contributed by atoms with Gasteiger partial charge in [-0.05, 0) is 61.9 Å². The summed E-state index contributed by atoms with van der Waals surface area (Å²) < 4.78 is 1.94. The fourth-order valence-corrected chi connectivity index (χ4v) is 5.11. The normalized spacial score (nSPS) is 18.5. The number of para-hydroxylation sites is 2. The Morgan fingerprint density at radius 2 is 1.71 bits per heavy atom. The van der Waals surface area contributed by atoms with E-state index in [9.17, 15) is 9.59 Å². The number of aromatic nitrogens is 2. The summed E-state index contributed by atoms with van der Waals surface area (Å²) in [5.41, 5.74) is 3.88. The van der Waals surface area contributed by atoms with Crippen LogP contribution in [0.3, 0.4) is 0 Å². The first-order valence-electron chi connectivity index (χ1n) is 11.5. The van der Waals surface area contributed by atoms with Crippen LogP contribution in [0.4, 0.5) is 0 Å². The van der Waals surface area contributed by atoms with E-state index in [4.69, 9.17) is 0 Å². The highest BCUT2D eigenvalue weighted by Crippen LogP contribution is 2.26. The minimum absolute atomic E-state index is 0.0106. The van der Waals surface area contributed by atoms with Crippen molar-refractivity contribution in [3.05, 3.63) is 70.1 Å². The van der Waals surface area contributed by atoms with Crippen molar-refractivity contribution in [1.82, 2.24) is 19.4 Å². The highest BCUT2D eigenvalue weighted by Gasteiger charge is 2.24. The van der Waals surface area contributed by atoms with E-state index in [1.165, 1.54) is 12.0 Å². The third kappa shape index (κ3) is 4.17. The van der Waals surface area contributed by atoms with Gasteiger partial charge in [0.1, 0.15) is 0 Å². The molecule has 0 unspecified atom stereocenters. The van der Waals surface area contributed by atoms with Crippen molar-refractivity contribution in [3.8, 4) is 0 Å². The Morgan fingerprint density at radius 3 is 2.52 bits per heavy atom. The zero-order chi connectivity index (χ0) is 21.2. The van der Waals surface area contributed by atoms with Crippen LogP contribution in [0.2, 0.25) is 0 Å². The van der Waals surface area contributed by atoms with Gasteiger partial charge in [-0.15, -0.1) is 0 Å². The molecule has 0 radical (unpaired) electrons. The van der Waals surface area contributed by atoms with Crippen molar-refractivity contribution in [3.63, 3.8) is 0 Å². The van der Waals surface area contributed by atoms with E-state index >= 15 is 0 Å². The second-order valence-electron chi connectivity index (χ2n) is 8.88. The lowest BCUT2D eigenvalue weighted by molar-refractivity contribution is 0.0724. The van der Waals surface area contributed by atoms with Crippen LogP contribution >= 0.6 is 0 Å². The molecule has 3 heterocycles. The van der Waals surface area contributed by atoms with Gasteiger partial charge in [-0.1, -0.05) is 24.3 Å². The summed E-state index contributed by atoms with van der Waals surface area (Å²) in [6, 6.07) is 16.3. The number of fused-ring (bicyclic) bond motifs is 1. The number of carbonyl (C=O) groups is 1. The first kappa shape index (κ1) is 20.1. The molecule has 162 valence electrons. The van der Waals surface area contributed by atoms with Gasteiger partial charge in [0, 0.05) is 44.3 Å². The minimum atomic E-state index is -0.0106. The molecule has 31 heavy (non-hydrogen) atoms. The lowest BCUT2D eigenvalue weighted by Gasteiger charge is -2.32. The number of rotatable bonds is 4. The van der Waals surface area contributed by atoms with Crippen molar-refractivity contribution < 1.29 is 4.79 Å². The number of H-pyrrole nitrogens is 1. The summed E-state index contributed by atoms with van der Waals surface area (Å²) in [7, 11) is 0. The molecule has 2 aliphatic rings. The fourth-order valence-electron chi connectivity index (χ4n) is 5.11. The van der Waals surface area contributed by atoms with Gasteiger partial charge in [-0.25, -0.2) is 4.79 Å². The number of likely N-dealkylation sites (tertiary alicyclic amines) is 2. The Bertz CT molecular complexity index is 1120. The molecular formula is C25H30N4O2. The molecule has 2 fully saturated rings. The molecule has 0 atom stereocenters. The monoisotopic (exact) mass is 418 g/mol. The number of aromatic amines is 1. The predicted octanol–water partition coefficient (Wildman–Crippen LogP) is 3.79. The van der Waals surface area contributed by atoms with Crippen LogP contribution in [0.25, 0.3) is 11.0 Å². The van der Waals surface area contributed by atoms with Crippen LogP contribution in [0.1, 0.15) is 54.1 Å². The van der Waals surface area contributed by atoms with Gasteiger partial charge in [0.05, 0.1) is 11.0 Å². The van der Waals surface area contributed by atoms with Gasteiger partial charge >= 0.3 is 5.69 Å². The number of imidazole rings is 1. The first-order valence-corrected chi connectivity index (χ1v) is 11.5. The largest absolute Gasteiger partial charge is 0.339 e. The predicted molar refractivity (Wildman–Crippen MR) is 122 cm³/mol. The van der Waals surface area contributed by atoms with Crippen molar-refractivity contribution in [1.29, 1.82) is 0 Å². The third-order valence-corrected chi connectivity index (χ3v) is 6.77. The van der Waals surface area contributed by atoms with Crippen molar-refractivity contribution in [2.24, 2.45) is 0 Å². The van der Waals surface area contributed by atoms with Gasteiger partial charge in [-0.3, -0.25) is 14.3 Å². The lowest BCUT2D eigenvalue weighted by atomic mass is 10.0. The van der Waals surface area contributed by atoms with E-state index in [-0.39, 0.29) is 17.6 Å². The maximum absolute atomic E-state index is 12.8. The Balaban J connectivity index is 1.23. The minimum Gasteiger partial charge on any atom is -0.339 e. The summed E-state index contributed by atoms with van der Waals surface area (Å²) in [5, 5.41) is 0. The first-order chi connectivity index (χ1) is 15.2. The van der Waals surface area contributed by atoms with E-state index in [1.807, 2.05) is 45.9 Å². The van der Waals surface area contributed by atoms with E-state index in [2.05, 4.69) is 22.0 Å². The average Bonchev–Trinajstić information content (AvgIpc) is 3.15. The average molecular weight is 419 g/mol. The molecule has 0 saturated carbocycles. The smallest absolute Gasteiger partial charge is 0.326 e. The van der Waals surface area contributed by atoms with Gasteiger partial charge in [-0.2, -0.15) is 0 Å². The molecule has 0 aliphatic carbocycles. The van der Waals surface area contributed by atoms with Crippen LogP contribution in [0.5, 0.6) is 0 Å². The van der Waals surface area contributed by atoms with E-state index < -0.39 is 0 Å². The Kier molecular flexibility index (Phi) is 5.64. The molecule has 2 saturated heterocycles. The zero-order valence-electron chi connectivity index (χ0n) is 17.9. The molecule has 1 amide bonds. The van der Waals surface area contributed by atoms with Crippen molar-refractivity contribution in [2.75, 3.05) is 26.2 Å². The number of hydrogen-bond acceptors (Lipinski definition) is 3. The number of nitrogens with one attached hydrogen (secondary N) is 1. The second kappa shape index (κ2) is 8.71. The molecule has 1 N–H and O–H groups in total. The molecule has 6 heteroatoms. The number of carbonyl (C=O) groups excluding carboxylic acids is 1. The summed E-state index contributed by atoms with van der Waals surface area (Å²) in [5.74, 6) is 0.166. The number of nitrogens with zero attached hydrogens (tertiary/aromatic N) is 3. The maximum atomic E-state index is 12.8. The van der Waals surface area contributed by atoms with Crippen LogP contribution < -0.4 is 5.69 Å². The molecule has 1 aromatic heterocycles. The third-order valence-electron chi connectivity index (χ3n) is 6.77. The van der Waals surface area contributed by atoms with Crippen LogP contribution in [0, 0.1) is 0 Å². The van der Waals surface area contributed by atoms with Crippen LogP contribution in [0.15, 0.2) is 53.3 Å². The number of benzene rings is 2. The van der Waals surface area contributed by atoms with Crippen LogP contribution in [-0.4, -0.2) is 51.4 Å². The van der Waals surface area contributed by atoms with Gasteiger partial charge in [0.25, 0.3) is 5.91 Å².